The SMILES string of the molecule is O=C(Nc1ccc(Cl)cc1)Nc1cc(F)cc(Oc2ccc3nccnc3c2)c1. The summed E-state index contributed by atoms with van der Waals surface area (Å²) in [6.45, 7) is 0. The number of hydrogen-bond donors (Lipinski definition) is 2. The van der Waals surface area contributed by atoms with Crippen molar-refractivity contribution in [1.82, 2.24) is 9.97 Å². The Kier molecular flexibility index (Phi) is 5.22. The molecule has 29 heavy (non-hydrogen) atoms. The highest BCUT2D eigenvalue weighted by molar-refractivity contribution is 6.30. The van der Waals surface area contributed by atoms with Gasteiger partial charge in [0.05, 0.1) is 11.0 Å². The quantitative estimate of drug-likeness (QED) is 0.443. The van der Waals surface area contributed by atoms with Gasteiger partial charge in [-0.25, -0.2) is 9.18 Å². The van der Waals surface area contributed by atoms with Crippen LogP contribution in [-0.2, 0) is 0 Å². The van der Waals surface area contributed by atoms with E-state index in [9.17, 15) is 9.18 Å². The van der Waals surface area contributed by atoms with E-state index < -0.39 is 11.8 Å². The molecule has 6 nitrogen and oxygen atoms in total. The number of benzene rings is 3. The number of fused-ring (bicyclic) bond motifs is 1. The Hall–Kier alpha value is -3.71. The van der Waals surface area contributed by atoms with Crippen molar-refractivity contribution < 1.29 is 13.9 Å². The minimum atomic E-state index is -0.551. The summed E-state index contributed by atoms with van der Waals surface area (Å²) in [5.41, 5.74) is 2.17. The van der Waals surface area contributed by atoms with E-state index in [2.05, 4.69) is 20.6 Å². The van der Waals surface area contributed by atoms with Crippen molar-refractivity contribution in [3.8, 4) is 11.5 Å². The fraction of sp³-hybridized carbons (Fsp3) is 0. The van der Waals surface area contributed by atoms with Crippen molar-refractivity contribution in [2.75, 3.05) is 10.6 Å². The Morgan fingerprint density at radius 2 is 1.55 bits per heavy atom. The highest BCUT2D eigenvalue weighted by Gasteiger charge is 2.08. The first-order valence-electron chi connectivity index (χ1n) is 8.58. The Morgan fingerprint density at radius 3 is 2.34 bits per heavy atom. The minimum Gasteiger partial charge on any atom is -0.457 e. The number of hydrogen-bond acceptors (Lipinski definition) is 4. The normalized spacial score (nSPS) is 10.6. The number of halogens is 2. The molecule has 0 radical (unpaired) electrons. The standard InChI is InChI=1S/C21H14ClFN4O2/c22-13-1-3-15(4-2-13)26-21(28)27-16-9-14(23)10-18(11-16)29-17-5-6-19-20(12-17)25-8-7-24-19/h1-12H,(H2,26,27,28). The number of amides is 2. The van der Waals surface area contributed by atoms with E-state index in [1.807, 2.05) is 0 Å². The zero-order valence-corrected chi connectivity index (χ0v) is 15.7. The fourth-order valence-corrected chi connectivity index (χ4v) is 2.79. The van der Waals surface area contributed by atoms with Gasteiger partial charge in [-0.15, -0.1) is 0 Å². The third-order valence-corrected chi connectivity index (χ3v) is 4.16. The van der Waals surface area contributed by atoms with Crippen LogP contribution in [0.3, 0.4) is 0 Å². The highest BCUT2D eigenvalue weighted by Crippen LogP contribution is 2.27. The molecule has 0 spiro atoms. The van der Waals surface area contributed by atoms with E-state index in [-0.39, 0.29) is 11.4 Å². The van der Waals surface area contributed by atoms with Crippen LogP contribution < -0.4 is 15.4 Å². The molecule has 0 fully saturated rings. The van der Waals surface area contributed by atoms with Gasteiger partial charge in [-0.05, 0) is 42.5 Å². The van der Waals surface area contributed by atoms with Crippen LogP contribution in [0.5, 0.6) is 11.5 Å². The summed E-state index contributed by atoms with van der Waals surface area (Å²) in [5.74, 6) is 0.153. The maximum Gasteiger partial charge on any atom is 0.323 e. The lowest BCUT2D eigenvalue weighted by Gasteiger charge is -2.11. The molecule has 0 bridgehead atoms. The molecule has 0 aliphatic heterocycles. The van der Waals surface area contributed by atoms with Gasteiger partial charge in [-0.3, -0.25) is 9.97 Å². The summed E-state index contributed by atoms with van der Waals surface area (Å²) >= 11 is 5.82. The summed E-state index contributed by atoms with van der Waals surface area (Å²) in [7, 11) is 0. The first-order valence-corrected chi connectivity index (χ1v) is 8.96. The molecule has 0 aliphatic carbocycles. The first-order chi connectivity index (χ1) is 14.0. The van der Waals surface area contributed by atoms with Crippen LogP contribution in [0.4, 0.5) is 20.6 Å². The monoisotopic (exact) mass is 408 g/mol. The van der Waals surface area contributed by atoms with Crippen LogP contribution in [0.2, 0.25) is 5.02 Å². The van der Waals surface area contributed by atoms with Crippen LogP contribution in [-0.4, -0.2) is 16.0 Å². The number of rotatable bonds is 4. The molecule has 0 aliphatic rings. The minimum absolute atomic E-state index is 0.232. The molecule has 3 aromatic carbocycles. The second kappa shape index (κ2) is 8.12. The molecule has 0 saturated carbocycles. The average molecular weight is 409 g/mol. The smallest absolute Gasteiger partial charge is 0.323 e. The van der Waals surface area contributed by atoms with Crippen molar-refractivity contribution in [1.29, 1.82) is 0 Å². The number of urea groups is 1. The molecule has 2 N–H and O–H groups in total. The van der Waals surface area contributed by atoms with Gasteiger partial charge in [0.1, 0.15) is 17.3 Å². The van der Waals surface area contributed by atoms with Crippen LogP contribution in [0, 0.1) is 5.82 Å². The molecule has 0 unspecified atom stereocenters. The molecular formula is C21H14ClFN4O2. The van der Waals surface area contributed by atoms with E-state index in [4.69, 9.17) is 16.3 Å². The highest BCUT2D eigenvalue weighted by atomic mass is 35.5. The largest absolute Gasteiger partial charge is 0.457 e. The molecule has 144 valence electrons. The van der Waals surface area contributed by atoms with Gasteiger partial charge in [-0.2, -0.15) is 0 Å². The van der Waals surface area contributed by atoms with Crippen LogP contribution >= 0.6 is 11.6 Å². The van der Waals surface area contributed by atoms with Crippen LogP contribution in [0.25, 0.3) is 11.0 Å². The van der Waals surface area contributed by atoms with Gasteiger partial charge in [0.2, 0.25) is 0 Å². The van der Waals surface area contributed by atoms with Gasteiger partial charge in [0.15, 0.2) is 0 Å². The summed E-state index contributed by atoms with van der Waals surface area (Å²) in [4.78, 5) is 20.6. The summed E-state index contributed by atoms with van der Waals surface area (Å²) in [6.07, 6.45) is 3.18. The average Bonchev–Trinajstić information content (AvgIpc) is 2.69. The molecule has 0 atom stereocenters. The first kappa shape index (κ1) is 18.6. The van der Waals surface area contributed by atoms with Crippen molar-refractivity contribution in [2.24, 2.45) is 0 Å². The molecule has 1 aromatic heterocycles. The second-order valence-corrected chi connectivity index (χ2v) is 6.51. The summed E-state index contributed by atoms with van der Waals surface area (Å²) < 4.78 is 19.7. The predicted octanol–water partition coefficient (Wildman–Crippen LogP) is 5.86. The molecule has 4 aromatic rings. The molecular weight excluding hydrogens is 395 g/mol. The third-order valence-electron chi connectivity index (χ3n) is 3.91. The van der Waals surface area contributed by atoms with Crippen LogP contribution in [0.15, 0.2) is 73.1 Å². The van der Waals surface area contributed by atoms with Crippen molar-refractivity contribution >= 4 is 40.0 Å². The van der Waals surface area contributed by atoms with Crippen molar-refractivity contribution in [3.05, 3.63) is 83.9 Å². The van der Waals surface area contributed by atoms with Gasteiger partial charge >= 0.3 is 6.03 Å². The van der Waals surface area contributed by atoms with Gasteiger partial charge < -0.3 is 15.4 Å². The van der Waals surface area contributed by atoms with E-state index in [0.717, 1.165) is 5.52 Å². The van der Waals surface area contributed by atoms with Gasteiger partial charge in [0, 0.05) is 47.0 Å². The number of ether oxygens (including phenoxy) is 1. The number of nitrogens with zero attached hydrogens (tertiary/aromatic N) is 2. The zero-order valence-electron chi connectivity index (χ0n) is 14.9. The van der Waals surface area contributed by atoms with Crippen LogP contribution in [0.1, 0.15) is 0 Å². The zero-order chi connectivity index (χ0) is 20.2. The lowest BCUT2D eigenvalue weighted by atomic mass is 10.2. The van der Waals surface area contributed by atoms with Gasteiger partial charge in [0.25, 0.3) is 0 Å². The topological polar surface area (TPSA) is 76.1 Å². The summed E-state index contributed by atoms with van der Waals surface area (Å²) in [6, 6.07) is 15.2. The molecule has 0 saturated heterocycles. The molecule has 4 rings (SSSR count). The molecule has 8 heteroatoms. The summed E-state index contributed by atoms with van der Waals surface area (Å²) in [5, 5.41) is 5.77. The lowest BCUT2D eigenvalue weighted by molar-refractivity contribution is 0.262. The fourth-order valence-electron chi connectivity index (χ4n) is 2.66. The number of nitrogens with one attached hydrogen (secondary N) is 2. The van der Waals surface area contributed by atoms with E-state index in [1.165, 1.54) is 18.2 Å². The maximum absolute atomic E-state index is 14.0. The van der Waals surface area contributed by atoms with E-state index in [0.29, 0.717) is 22.0 Å². The maximum atomic E-state index is 14.0. The number of carbonyl (C=O) groups excluding carboxylic acids is 1. The molecule has 1 heterocycles. The van der Waals surface area contributed by atoms with Crippen molar-refractivity contribution in [2.45, 2.75) is 0 Å². The Labute approximate surface area is 170 Å². The van der Waals surface area contributed by atoms with Gasteiger partial charge in [-0.1, -0.05) is 11.6 Å². The second-order valence-electron chi connectivity index (χ2n) is 6.07. The van der Waals surface area contributed by atoms with E-state index >= 15 is 0 Å². The molecule has 2 amide bonds. The van der Waals surface area contributed by atoms with Crippen molar-refractivity contribution in [3.63, 3.8) is 0 Å². The number of carbonyl (C=O) groups is 1. The Bertz CT molecular complexity index is 1180. The van der Waals surface area contributed by atoms with E-state index in [1.54, 1.807) is 54.9 Å². The number of anilines is 2. The predicted molar refractivity (Wildman–Crippen MR) is 110 cm³/mol. The third kappa shape index (κ3) is 4.77. The number of aromatic nitrogens is 2. The Morgan fingerprint density at radius 1 is 0.828 bits per heavy atom. The lowest BCUT2D eigenvalue weighted by Crippen LogP contribution is -2.19. The Balaban J connectivity index is 1.49.